The first-order valence-electron chi connectivity index (χ1n) is 14.9. The summed E-state index contributed by atoms with van der Waals surface area (Å²) in [6.45, 7) is 4.12. The fourth-order valence-corrected chi connectivity index (χ4v) is 7.61. The van der Waals surface area contributed by atoms with Crippen LogP contribution in [0.3, 0.4) is 0 Å². The number of fused-ring (bicyclic) bond motifs is 2. The first kappa shape index (κ1) is 26.0. The van der Waals surface area contributed by atoms with Crippen molar-refractivity contribution in [1.29, 1.82) is 5.26 Å². The predicted octanol–water partition coefficient (Wildman–Crippen LogP) is 4.40. The van der Waals surface area contributed by atoms with Gasteiger partial charge in [-0.25, -0.2) is 14.8 Å². The topological polar surface area (TPSA) is 99.8 Å². The molecular weight excluding hydrogens is 514 g/mol. The lowest BCUT2D eigenvalue weighted by molar-refractivity contribution is 0.119. The summed E-state index contributed by atoms with van der Waals surface area (Å²) in [5.41, 5.74) is 3.50. The van der Waals surface area contributed by atoms with Crippen LogP contribution in [0.15, 0.2) is 42.5 Å². The van der Waals surface area contributed by atoms with Gasteiger partial charge in [0.1, 0.15) is 11.6 Å². The number of nitriles is 1. The van der Waals surface area contributed by atoms with E-state index in [9.17, 15) is 15.2 Å². The zero-order chi connectivity index (χ0) is 28.1. The fraction of sp³-hybridized carbons (Fsp3) is 0.500. The minimum Gasteiger partial charge on any atom is -0.465 e. The SMILES string of the molecule is CN1CCC[C@@H]1C1(c2nc3c(c(N4CCN(C(=O)O)[C@@H](CC#N)C4)n2)CCN(c2cccc4ccccc24)C3)CC1. The summed E-state index contributed by atoms with van der Waals surface area (Å²) in [6, 6.07) is 17.4. The van der Waals surface area contributed by atoms with Gasteiger partial charge in [-0.2, -0.15) is 5.26 Å². The van der Waals surface area contributed by atoms with Crippen LogP contribution in [-0.2, 0) is 18.4 Å². The molecule has 9 nitrogen and oxygen atoms in total. The second-order valence-corrected chi connectivity index (χ2v) is 12.2. The van der Waals surface area contributed by atoms with Crippen molar-refractivity contribution in [2.45, 2.75) is 62.6 Å². The van der Waals surface area contributed by atoms with Gasteiger partial charge in [-0.3, -0.25) is 0 Å². The quantitative estimate of drug-likeness (QED) is 0.498. The van der Waals surface area contributed by atoms with Gasteiger partial charge < -0.3 is 24.7 Å². The molecular formula is C32H37N7O2. The minimum absolute atomic E-state index is 0.00824. The third-order valence-corrected chi connectivity index (χ3v) is 9.90. The molecule has 7 rings (SSSR count). The highest BCUT2D eigenvalue weighted by Gasteiger charge is 2.56. The number of likely N-dealkylation sites (N-methyl/N-ethyl adjacent to an activating group) is 1. The molecule has 3 aromatic rings. The summed E-state index contributed by atoms with van der Waals surface area (Å²) < 4.78 is 0. The molecule has 2 aromatic carbocycles. The van der Waals surface area contributed by atoms with E-state index in [0.29, 0.717) is 25.7 Å². The maximum absolute atomic E-state index is 11.9. The largest absolute Gasteiger partial charge is 0.465 e. The van der Waals surface area contributed by atoms with Crippen molar-refractivity contribution in [2.75, 3.05) is 49.6 Å². The minimum atomic E-state index is -0.956. The Morgan fingerprint density at radius 1 is 1.07 bits per heavy atom. The molecule has 9 heteroatoms. The zero-order valence-electron chi connectivity index (χ0n) is 23.7. The van der Waals surface area contributed by atoms with Crippen LogP contribution in [0.2, 0.25) is 0 Å². The molecule has 4 aliphatic rings. The van der Waals surface area contributed by atoms with Crippen molar-refractivity contribution in [3.05, 3.63) is 59.5 Å². The standard InChI is InChI=1S/C32H37N7O2/c1-36-16-5-10-28(36)32(13-14-32)30-34-26-21-37(27-9-4-7-22-6-2-3-8-24(22)27)17-12-25(26)29(35-30)38-18-19-39(31(40)41)23(20-38)11-15-33/h2-4,6-9,23,28H,5,10-14,16-21H2,1H3,(H,40,41)/t23-,28+/m0/s1. The van der Waals surface area contributed by atoms with E-state index in [4.69, 9.17) is 9.97 Å². The number of benzene rings is 2. The van der Waals surface area contributed by atoms with E-state index in [1.165, 1.54) is 39.8 Å². The Bertz CT molecular complexity index is 1520. The summed E-state index contributed by atoms with van der Waals surface area (Å²) in [7, 11) is 2.23. The highest BCUT2D eigenvalue weighted by Crippen LogP contribution is 2.54. The van der Waals surface area contributed by atoms with Gasteiger partial charge in [-0.05, 0) is 57.1 Å². The molecule has 212 valence electrons. The van der Waals surface area contributed by atoms with E-state index in [0.717, 1.165) is 56.2 Å². The zero-order valence-corrected chi connectivity index (χ0v) is 23.7. The summed E-state index contributed by atoms with van der Waals surface area (Å²) >= 11 is 0. The van der Waals surface area contributed by atoms with E-state index in [1.807, 2.05) is 0 Å². The number of amides is 1. The summed E-state index contributed by atoms with van der Waals surface area (Å²) in [4.78, 5) is 31.3. The summed E-state index contributed by atoms with van der Waals surface area (Å²) in [6.07, 6.45) is 4.65. The number of piperazine rings is 1. The van der Waals surface area contributed by atoms with Crippen LogP contribution >= 0.6 is 0 Å². The average Bonchev–Trinajstić information content (AvgIpc) is 3.68. The normalized spacial score (nSPS) is 23.9. The third kappa shape index (κ3) is 4.45. The molecule has 1 aliphatic carbocycles. The Morgan fingerprint density at radius 2 is 1.90 bits per heavy atom. The van der Waals surface area contributed by atoms with Crippen LogP contribution in [0.25, 0.3) is 10.8 Å². The number of rotatable bonds is 5. The monoisotopic (exact) mass is 551 g/mol. The highest BCUT2D eigenvalue weighted by molar-refractivity contribution is 5.94. The summed E-state index contributed by atoms with van der Waals surface area (Å²) in [5.74, 6) is 1.92. The number of hydrogen-bond acceptors (Lipinski definition) is 7. The lowest BCUT2D eigenvalue weighted by Crippen LogP contribution is -2.55. The van der Waals surface area contributed by atoms with Crippen molar-refractivity contribution in [1.82, 2.24) is 19.8 Å². The van der Waals surface area contributed by atoms with E-state index in [1.54, 1.807) is 0 Å². The van der Waals surface area contributed by atoms with Crippen LogP contribution < -0.4 is 9.80 Å². The molecule has 1 aromatic heterocycles. The Hall–Kier alpha value is -3.90. The van der Waals surface area contributed by atoms with Crippen LogP contribution in [0, 0.1) is 11.3 Å². The lowest BCUT2D eigenvalue weighted by atomic mass is 9.92. The van der Waals surface area contributed by atoms with E-state index in [-0.39, 0.29) is 17.9 Å². The maximum Gasteiger partial charge on any atom is 0.407 e. The lowest BCUT2D eigenvalue weighted by Gasteiger charge is -2.41. The van der Waals surface area contributed by atoms with Crippen LogP contribution in [-0.4, -0.2) is 82.8 Å². The number of carboxylic acid groups (broad SMARTS) is 1. The molecule has 1 saturated carbocycles. The predicted molar refractivity (Wildman–Crippen MR) is 158 cm³/mol. The number of nitrogens with zero attached hydrogens (tertiary/aromatic N) is 7. The van der Waals surface area contributed by atoms with Crippen LogP contribution in [0.4, 0.5) is 16.3 Å². The molecule has 2 atom stereocenters. The Labute approximate surface area is 241 Å². The van der Waals surface area contributed by atoms with Crippen molar-refractivity contribution < 1.29 is 9.90 Å². The van der Waals surface area contributed by atoms with Crippen molar-refractivity contribution in [3.63, 3.8) is 0 Å². The molecule has 0 bridgehead atoms. The highest BCUT2D eigenvalue weighted by atomic mass is 16.4. The van der Waals surface area contributed by atoms with Gasteiger partial charge in [0.15, 0.2) is 0 Å². The van der Waals surface area contributed by atoms with Gasteiger partial charge in [-0.1, -0.05) is 36.4 Å². The molecule has 2 saturated heterocycles. The molecule has 0 spiro atoms. The number of anilines is 2. The first-order valence-corrected chi connectivity index (χ1v) is 14.9. The molecule has 41 heavy (non-hydrogen) atoms. The smallest absolute Gasteiger partial charge is 0.407 e. The van der Waals surface area contributed by atoms with Crippen molar-refractivity contribution in [3.8, 4) is 6.07 Å². The molecule has 3 aliphatic heterocycles. The van der Waals surface area contributed by atoms with Crippen LogP contribution in [0.5, 0.6) is 0 Å². The number of hydrogen-bond donors (Lipinski definition) is 1. The number of aromatic nitrogens is 2. The maximum atomic E-state index is 11.9. The second-order valence-electron chi connectivity index (χ2n) is 12.2. The van der Waals surface area contributed by atoms with E-state index in [2.05, 4.69) is 70.3 Å². The second kappa shape index (κ2) is 10.2. The molecule has 0 radical (unpaired) electrons. The molecule has 1 amide bonds. The fourth-order valence-electron chi connectivity index (χ4n) is 7.61. The number of likely N-dealkylation sites (tertiary alicyclic amines) is 1. The van der Waals surface area contributed by atoms with Gasteiger partial charge in [-0.15, -0.1) is 0 Å². The van der Waals surface area contributed by atoms with Crippen molar-refractivity contribution >= 4 is 28.4 Å². The first-order chi connectivity index (χ1) is 20.0. The van der Waals surface area contributed by atoms with Gasteiger partial charge in [0.25, 0.3) is 0 Å². The molecule has 0 unspecified atom stereocenters. The van der Waals surface area contributed by atoms with E-state index < -0.39 is 6.09 Å². The Kier molecular flexibility index (Phi) is 6.46. The Morgan fingerprint density at radius 3 is 2.66 bits per heavy atom. The summed E-state index contributed by atoms with van der Waals surface area (Å²) in [5, 5.41) is 21.7. The Balaban J connectivity index is 1.29. The van der Waals surface area contributed by atoms with Crippen LogP contribution in [0.1, 0.15) is 49.2 Å². The van der Waals surface area contributed by atoms with Gasteiger partial charge in [0.2, 0.25) is 0 Å². The molecule has 4 heterocycles. The van der Waals surface area contributed by atoms with Gasteiger partial charge in [0.05, 0.1) is 30.8 Å². The third-order valence-electron chi connectivity index (χ3n) is 9.90. The average molecular weight is 552 g/mol. The molecule has 3 fully saturated rings. The molecule has 1 N–H and O–H groups in total. The van der Waals surface area contributed by atoms with Gasteiger partial charge >= 0.3 is 6.09 Å². The van der Waals surface area contributed by atoms with Gasteiger partial charge in [0, 0.05) is 54.3 Å². The number of carbonyl (C=O) groups is 1. The van der Waals surface area contributed by atoms with E-state index >= 15 is 0 Å². The van der Waals surface area contributed by atoms with Crippen molar-refractivity contribution in [2.24, 2.45) is 0 Å².